The van der Waals surface area contributed by atoms with E-state index in [4.69, 9.17) is 10.4 Å². The summed E-state index contributed by atoms with van der Waals surface area (Å²) in [4.78, 5) is 10.3. The smallest absolute Gasteiger partial charge is 0.416 e. The van der Waals surface area contributed by atoms with E-state index >= 15 is 0 Å². The van der Waals surface area contributed by atoms with Crippen molar-refractivity contribution in [2.75, 3.05) is 0 Å². The van der Waals surface area contributed by atoms with Gasteiger partial charge in [0.1, 0.15) is 12.1 Å². The lowest BCUT2D eigenvalue weighted by molar-refractivity contribution is -0.139. The molecule has 1 unspecified atom stereocenters. The summed E-state index contributed by atoms with van der Waals surface area (Å²) in [5, 5.41) is 17.8. The van der Waals surface area contributed by atoms with Gasteiger partial charge in [-0.05, 0) is 24.6 Å². The normalized spacial score (nSPS) is 13.3. The van der Waals surface area contributed by atoms with Gasteiger partial charge in [-0.25, -0.2) is 8.42 Å². The molecule has 0 aliphatic rings. The van der Waals surface area contributed by atoms with E-state index in [2.05, 4.69) is 0 Å². The van der Waals surface area contributed by atoms with Crippen LogP contribution < -0.4 is 4.72 Å². The SMILES string of the molecule is CCCC(NS(=O)(=O)c1ccc(C(F)(F)F)cc1C#N)C(=O)O. The monoisotopic (exact) mass is 350 g/mol. The third-order valence-corrected chi connectivity index (χ3v) is 4.42. The number of carboxylic acid groups (broad SMARTS) is 1. The molecule has 0 saturated carbocycles. The molecule has 6 nitrogen and oxygen atoms in total. The topological polar surface area (TPSA) is 107 Å². The molecule has 1 aromatic carbocycles. The number of carboxylic acids is 1. The van der Waals surface area contributed by atoms with Crippen molar-refractivity contribution in [3.8, 4) is 6.07 Å². The highest BCUT2D eigenvalue weighted by atomic mass is 32.2. The summed E-state index contributed by atoms with van der Waals surface area (Å²) in [6, 6.07) is 1.51. The first-order chi connectivity index (χ1) is 10.5. The van der Waals surface area contributed by atoms with Crippen LogP contribution in [0.25, 0.3) is 0 Å². The number of benzene rings is 1. The summed E-state index contributed by atoms with van der Waals surface area (Å²) in [5.74, 6) is -1.42. The molecule has 1 aromatic rings. The zero-order chi connectivity index (χ0) is 17.8. The van der Waals surface area contributed by atoms with Crippen molar-refractivity contribution in [2.45, 2.75) is 36.9 Å². The molecule has 126 valence electrons. The Labute approximate surface area is 130 Å². The van der Waals surface area contributed by atoms with E-state index in [1.54, 1.807) is 6.92 Å². The minimum absolute atomic E-state index is 0.00289. The number of nitriles is 1. The number of nitrogens with zero attached hydrogens (tertiary/aromatic N) is 1. The zero-order valence-corrected chi connectivity index (χ0v) is 12.7. The summed E-state index contributed by atoms with van der Waals surface area (Å²) in [5.41, 5.74) is -1.88. The minimum Gasteiger partial charge on any atom is -0.480 e. The fraction of sp³-hybridized carbons (Fsp3) is 0.385. The van der Waals surface area contributed by atoms with Gasteiger partial charge in [-0.2, -0.15) is 23.2 Å². The zero-order valence-electron chi connectivity index (χ0n) is 11.9. The summed E-state index contributed by atoms with van der Waals surface area (Å²) < 4.78 is 64.0. The van der Waals surface area contributed by atoms with E-state index in [1.807, 2.05) is 4.72 Å². The van der Waals surface area contributed by atoms with Crippen LogP contribution in [0.3, 0.4) is 0 Å². The largest absolute Gasteiger partial charge is 0.480 e. The molecule has 10 heteroatoms. The van der Waals surface area contributed by atoms with Crippen LogP contribution in [0.1, 0.15) is 30.9 Å². The number of alkyl halides is 3. The third-order valence-electron chi connectivity index (χ3n) is 2.89. The molecule has 0 amide bonds. The van der Waals surface area contributed by atoms with Crippen molar-refractivity contribution in [1.29, 1.82) is 5.26 Å². The first kappa shape index (κ1) is 18.9. The summed E-state index contributed by atoms with van der Waals surface area (Å²) in [7, 11) is -4.45. The van der Waals surface area contributed by atoms with Crippen molar-refractivity contribution >= 4 is 16.0 Å². The lowest BCUT2D eigenvalue weighted by Crippen LogP contribution is -2.40. The first-order valence-corrected chi connectivity index (χ1v) is 7.87. The molecule has 0 aliphatic carbocycles. The van der Waals surface area contributed by atoms with Gasteiger partial charge >= 0.3 is 12.1 Å². The Hall–Kier alpha value is -2.12. The first-order valence-electron chi connectivity index (χ1n) is 6.39. The van der Waals surface area contributed by atoms with E-state index < -0.39 is 44.2 Å². The Morgan fingerprint density at radius 2 is 2.04 bits per heavy atom. The average molecular weight is 350 g/mol. The molecular formula is C13H13F3N2O4S. The standard InChI is InChI=1S/C13H13F3N2O4S/c1-2-3-10(12(19)20)18-23(21,22)11-5-4-9(13(14,15)16)6-8(11)7-17/h4-6,10,18H,2-3H2,1H3,(H,19,20). The van der Waals surface area contributed by atoms with Crippen molar-refractivity contribution in [1.82, 2.24) is 4.72 Å². The molecule has 0 spiro atoms. The summed E-state index contributed by atoms with van der Waals surface area (Å²) in [6.45, 7) is 1.64. The highest BCUT2D eigenvalue weighted by molar-refractivity contribution is 7.89. The van der Waals surface area contributed by atoms with Crippen molar-refractivity contribution < 1.29 is 31.5 Å². The van der Waals surface area contributed by atoms with Crippen LogP contribution in [-0.4, -0.2) is 25.5 Å². The van der Waals surface area contributed by atoms with Crippen LogP contribution in [0.15, 0.2) is 23.1 Å². The number of rotatable bonds is 6. The number of halogens is 3. The predicted octanol–water partition coefficient (Wildman–Crippen LogP) is 2.11. The van der Waals surface area contributed by atoms with E-state index in [0.717, 1.165) is 0 Å². The Morgan fingerprint density at radius 3 is 2.48 bits per heavy atom. The molecule has 0 saturated heterocycles. The molecule has 0 radical (unpaired) electrons. The molecular weight excluding hydrogens is 337 g/mol. The van der Waals surface area contributed by atoms with Crippen LogP contribution in [0.4, 0.5) is 13.2 Å². The van der Waals surface area contributed by atoms with E-state index in [0.29, 0.717) is 24.6 Å². The highest BCUT2D eigenvalue weighted by Gasteiger charge is 2.33. The van der Waals surface area contributed by atoms with Crippen LogP contribution >= 0.6 is 0 Å². The Kier molecular flexibility index (Phi) is 5.74. The molecule has 0 bridgehead atoms. The maximum atomic E-state index is 12.6. The van der Waals surface area contributed by atoms with Crippen LogP contribution in [0.2, 0.25) is 0 Å². The minimum atomic E-state index is -4.73. The second kappa shape index (κ2) is 6.97. The van der Waals surface area contributed by atoms with E-state index in [1.165, 1.54) is 6.07 Å². The van der Waals surface area contributed by atoms with Crippen molar-refractivity contribution in [3.63, 3.8) is 0 Å². The number of sulfonamides is 1. The lowest BCUT2D eigenvalue weighted by atomic mass is 10.1. The summed E-state index contributed by atoms with van der Waals surface area (Å²) in [6.07, 6.45) is -4.36. The highest BCUT2D eigenvalue weighted by Crippen LogP contribution is 2.31. The molecule has 1 atom stereocenters. The van der Waals surface area contributed by atoms with Gasteiger partial charge in [0.2, 0.25) is 10.0 Å². The van der Waals surface area contributed by atoms with Crippen molar-refractivity contribution in [3.05, 3.63) is 29.3 Å². The molecule has 23 heavy (non-hydrogen) atoms. The van der Waals surface area contributed by atoms with Crippen LogP contribution in [-0.2, 0) is 21.0 Å². The second-order valence-corrected chi connectivity index (χ2v) is 6.30. The van der Waals surface area contributed by atoms with Crippen molar-refractivity contribution in [2.24, 2.45) is 0 Å². The summed E-state index contributed by atoms with van der Waals surface area (Å²) >= 11 is 0. The van der Waals surface area contributed by atoms with Gasteiger partial charge in [0.15, 0.2) is 0 Å². The third kappa shape index (κ3) is 4.67. The Balaban J connectivity index is 3.29. The molecule has 2 N–H and O–H groups in total. The number of nitrogens with one attached hydrogen (secondary N) is 1. The lowest BCUT2D eigenvalue weighted by Gasteiger charge is -2.15. The fourth-order valence-electron chi connectivity index (χ4n) is 1.80. The van der Waals surface area contributed by atoms with Crippen LogP contribution in [0, 0.1) is 11.3 Å². The Bertz CT molecular complexity index is 739. The van der Waals surface area contributed by atoms with Gasteiger partial charge in [-0.15, -0.1) is 0 Å². The van der Waals surface area contributed by atoms with Gasteiger partial charge in [0.05, 0.1) is 16.0 Å². The number of aliphatic carboxylic acids is 1. The molecule has 0 aliphatic heterocycles. The fourth-order valence-corrected chi connectivity index (χ4v) is 3.16. The number of hydrogen-bond donors (Lipinski definition) is 2. The molecule has 1 rings (SSSR count). The van der Waals surface area contributed by atoms with Gasteiger partial charge < -0.3 is 5.11 Å². The maximum absolute atomic E-state index is 12.6. The Morgan fingerprint density at radius 1 is 1.43 bits per heavy atom. The van der Waals surface area contributed by atoms with Gasteiger partial charge in [0, 0.05) is 0 Å². The van der Waals surface area contributed by atoms with Gasteiger partial charge in [-0.3, -0.25) is 4.79 Å². The predicted molar refractivity (Wildman–Crippen MR) is 72.8 cm³/mol. The molecule has 0 heterocycles. The second-order valence-electron chi connectivity index (χ2n) is 4.62. The van der Waals surface area contributed by atoms with E-state index in [9.17, 15) is 26.4 Å². The quantitative estimate of drug-likeness (QED) is 0.817. The van der Waals surface area contributed by atoms with E-state index in [-0.39, 0.29) is 6.42 Å². The molecule has 0 fully saturated rings. The maximum Gasteiger partial charge on any atom is 0.416 e. The van der Waals surface area contributed by atoms with Gasteiger partial charge in [0.25, 0.3) is 0 Å². The van der Waals surface area contributed by atoms with Gasteiger partial charge in [-0.1, -0.05) is 13.3 Å². The van der Waals surface area contributed by atoms with Crippen LogP contribution in [0.5, 0.6) is 0 Å². The molecule has 0 aromatic heterocycles. The number of hydrogen-bond acceptors (Lipinski definition) is 4. The average Bonchev–Trinajstić information content (AvgIpc) is 2.44. The number of carbonyl (C=O) groups is 1.